The van der Waals surface area contributed by atoms with Gasteiger partial charge >= 0.3 is 0 Å². The first kappa shape index (κ1) is 25.5. The predicted molar refractivity (Wildman–Crippen MR) is 140 cm³/mol. The van der Waals surface area contributed by atoms with Crippen molar-refractivity contribution in [2.45, 2.75) is 13.8 Å². The van der Waals surface area contributed by atoms with Gasteiger partial charge in [0.25, 0.3) is 5.91 Å². The zero-order valence-electron chi connectivity index (χ0n) is 20.1. The second kappa shape index (κ2) is 10.2. The molecule has 2 aromatic rings. The molecule has 0 radical (unpaired) electrons. The number of sulfone groups is 1. The van der Waals surface area contributed by atoms with Gasteiger partial charge in [0, 0.05) is 6.26 Å². The maximum atomic E-state index is 12.6. The molecule has 0 saturated carbocycles. The Kier molecular flexibility index (Phi) is 7.18. The monoisotopic (exact) mass is 528 g/mol. The van der Waals surface area contributed by atoms with E-state index in [2.05, 4.69) is 15.5 Å². The summed E-state index contributed by atoms with van der Waals surface area (Å²) in [5, 5.41) is 8.14. The molecule has 188 valence electrons. The number of carbonyl (C=O) groups excluding carboxylic acids is 1. The summed E-state index contributed by atoms with van der Waals surface area (Å²) in [5.74, 6) is 0.700. The first-order valence-corrected chi connectivity index (χ1v) is 13.4. The summed E-state index contributed by atoms with van der Waals surface area (Å²) in [6, 6.07) is 11.0. The summed E-state index contributed by atoms with van der Waals surface area (Å²) in [7, 11) is -2.23. The van der Waals surface area contributed by atoms with Crippen molar-refractivity contribution in [1.29, 1.82) is 5.41 Å². The fraction of sp³-hybridized carbons (Fsp3) is 0.250. The largest absolute Gasteiger partial charge is 0.493 e. The Morgan fingerprint density at radius 2 is 1.75 bits per heavy atom. The van der Waals surface area contributed by atoms with Crippen LogP contribution in [0.15, 0.2) is 51.4 Å². The summed E-state index contributed by atoms with van der Waals surface area (Å²) in [6.45, 7) is 4.63. The smallest absolute Gasteiger partial charge is 0.283 e. The summed E-state index contributed by atoms with van der Waals surface area (Å²) < 4.78 is 44.9. The highest BCUT2D eigenvalue weighted by atomic mass is 32.2. The molecule has 0 saturated heterocycles. The highest BCUT2D eigenvalue weighted by Gasteiger charge is 2.41. The molecule has 2 aromatic carbocycles. The van der Waals surface area contributed by atoms with Crippen LogP contribution in [-0.4, -0.2) is 62.0 Å². The molecule has 0 fully saturated rings. The van der Waals surface area contributed by atoms with Crippen molar-refractivity contribution in [1.82, 2.24) is 4.90 Å². The molecule has 2 aliphatic heterocycles. The van der Waals surface area contributed by atoms with Gasteiger partial charge in [0.1, 0.15) is 24.8 Å². The van der Waals surface area contributed by atoms with Crippen molar-refractivity contribution in [2.75, 3.05) is 26.6 Å². The molecule has 1 N–H and O–H groups in total. The molecule has 4 rings (SSSR count). The van der Waals surface area contributed by atoms with Crippen LogP contribution in [0.2, 0.25) is 0 Å². The first-order valence-electron chi connectivity index (χ1n) is 10.8. The molecular weight excluding hydrogens is 504 g/mol. The van der Waals surface area contributed by atoms with Crippen molar-refractivity contribution in [3.8, 4) is 17.2 Å². The normalized spacial score (nSPS) is 16.6. The van der Waals surface area contributed by atoms with Crippen LogP contribution >= 0.6 is 11.9 Å². The van der Waals surface area contributed by atoms with Crippen LogP contribution in [0.5, 0.6) is 17.2 Å². The number of rotatable bonds is 7. The maximum Gasteiger partial charge on any atom is 0.283 e. The van der Waals surface area contributed by atoms with E-state index >= 15 is 0 Å². The summed E-state index contributed by atoms with van der Waals surface area (Å²) >= 11 is 0.743. The first-order chi connectivity index (χ1) is 17.1. The lowest BCUT2D eigenvalue weighted by atomic mass is 10.1. The minimum atomic E-state index is -3.72. The number of amides is 1. The van der Waals surface area contributed by atoms with Crippen LogP contribution in [0.4, 0.5) is 0 Å². The highest BCUT2D eigenvalue weighted by Crippen LogP contribution is 2.32. The topological polar surface area (TPSA) is 131 Å². The molecule has 36 heavy (non-hydrogen) atoms. The van der Waals surface area contributed by atoms with E-state index in [9.17, 15) is 13.2 Å². The SMILES string of the molecule is COc1cc(C=C2C(=N)N3C(=NC2=O)SN=C3S(C)(=O)=O)ccc1OCCOc1cc(C)cc(C)c1. The van der Waals surface area contributed by atoms with Crippen LogP contribution in [0, 0.1) is 19.3 Å². The third-order valence-electron chi connectivity index (χ3n) is 5.13. The Balaban J connectivity index is 1.48. The lowest BCUT2D eigenvalue weighted by molar-refractivity contribution is -0.114. The van der Waals surface area contributed by atoms with E-state index in [-0.39, 0.29) is 28.4 Å². The van der Waals surface area contributed by atoms with Crippen LogP contribution in [-0.2, 0) is 14.6 Å². The van der Waals surface area contributed by atoms with Gasteiger partial charge in [0.2, 0.25) is 20.2 Å². The van der Waals surface area contributed by atoms with Gasteiger partial charge < -0.3 is 14.2 Å². The Morgan fingerprint density at radius 1 is 1.06 bits per heavy atom. The molecule has 0 aromatic heterocycles. The van der Waals surface area contributed by atoms with Crippen LogP contribution in [0.1, 0.15) is 16.7 Å². The molecule has 2 aliphatic rings. The Bertz CT molecular complexity index is 1430. The van der Waals surface area contributed by atoms with Gasteiger partial charge in [0.05, 0.1) is 24.6 Å². The molecule has 0 atom stereocenters. The predicted octanol–water partition coefficient (Wildman–Crippen LogP) is 3.39. The highest BCUT2D eigenvalue weighted by molar-refractivity contribution is 8.16. The van der Waals surface area contributed by atoms with Gasteiger partial charge in [0.15, 0.2) is 11.5 Å². The standard InChI is InChI=1S/C24H24N4O6S2/c1-14-9-15(2)11-17(10-14)33-7-8-34-19-6-5-16(13-20(19)32-3)12-18-21(25)28-23(26-22(18)29)35-27-24(28)36(4,30)31/h5-6,9-13,25H,7-8H2,1-4H3. The van der Waals surface area contributed by atoms with Crippen molar-refractivity contribution in [3.05, 3.63) is 58.7 Å². The summed E-state index contributed by atoms with van der Waals surface area (Å²) in [6.07, 6.45) is 2.43. The van der Waals surface area contributed by atoms with Gasteiger partial charge in [-0.2, -0.15) is 9.39 Å². The fourth-order valence-corrected chi connectivity index (χ4v) is 5.47. The number of fused-ring (bicyclic) bond motifs is 1. The van der Waals surface area contributed by atoms with E-state index in [1.54, 1.807) is 18.2 Å². The van der Waals surface area contributed by atoms with Gasteiger partial charge in [-0.1, -0.05) is 12.1 Å². The third-order valence-corrected chi connectivity index (χ3v) is 6.88. The third kappa shape index (κ3) is 5.44. The molecule has 1 amide bonds. The average molecular weight is 529 g/mol. The number of aryl methyl sites for hydroxylation is 2. The maximum absolute atomic E-state index is 12.6. The quantitative estimate of drug-likeness (QED) is 0.329. The van der Waals surface area contributed by atoms with Gasteiger partial charge in [-0.3, -0.25) is 10.2 Å². The van der Waals surface area contributed by atoms with E-state index in [1.165, 1.54) is 13.2 Å². The summed E-state index contributed by atoms with van der Waals surface area (Å²) in [4.78, 5) is 17.5. The average Bonchev–Trinajstić information content (AvgIpc) is 3.24. The van der Waals surface area contributed by atoms with Crippen molar-refractivity contribution in [2.24, 2.45) is 9.39 Å². The summed E-state index contributed by atoms with van der Waals surface area (Å²) in [5.41, 5.74) is 2.71. The van der Waals surface area contributed by atoms with E-state index in [0.29, 0.717) is 23.7 Å². The number of carbonyl (C=O) groups is 1. The van der Waals surface area contributed by atoms with E-state index in [4.69, 9.17) is 19.6 Å². The molecule has 0 unspecified atom stereocenters. The van der Waals surface area contributed by atoms with E-state index < -0.39 is 15.7 Å². The molecule has 12 heteroatoms. The van der Waals surface area contributed by atoms with Crippen molar-refractivity contribution >= 4 is 49.9 Å². The molecule has 2 heterocycles. The van der Waals surface area contributed by atoms with Crippen molar-refractivity contribution < 1.29 is 27.4 Å². The Hall–Kier alpha value is -3.64. The number of hydrogen-bond donors (Lipinski definition) is 1. The number of ether oxygens (including phenoxy) is 3. The number of benzene rings is 2. The Morgan fingerprint density at radius 3 is 2.42 bits per heavy atom. The molecule has 10 nitrogen and oxygen atoms in total. The van der Waals surface area contributed by atoms with Crippen LogP contribution in [0.25, 0.3) is 6.08 Å². The molecule has 0 bridgehead atoms. The number of methoxy groups -OCH3 is 1. The molecular formula is C24H24N4O6S2. The lowest BCUT2D eigenvalue weighted by Gasteiger charge is -2.23. The lowest BCUT2D eigenvalue weighted by Crippen LogP contribution is -2.45. The van der Waals surface area contributed by atoms with E-state index in [0.717, 1.165) is 40.0 Å². The minimum Gasteiger partial charge on any atom is -0.493 e. The number of hydrogen-bond acceptors (Lipinski definition) is 9. The second-order valence-electron chi connectivity index (χ2n) is 8.11. The van der Waals surface area contributed by atoms with Crippen LogP contribution < -0.4 is 14.2 Å². The fourth-order valence-electron chi connectivity index (χ4n) is 3.62. The molecule has 0 spiro atoms. The zero-order chi connectivity index (χ0) is 26.0. The second-order valence-corrected chi connectivity index (χ2v) is 10.7. The van der Waals surface area contributed by atoms with Gasteiger partial charge in [-0.05, 0) is 60.9 Å². The van der Waals surface area contributed by atoms with E-state index in [1.807, 2.05) is 26.0 Å². The molecule has 0 aliphatic carbocycles. The Labute approximate surface area is 213 Å². The van der Waals surface area contributed by atoms with Crippen LogP contribution in [0.3, 0.4) is 0 Å². The number of aliphatic imine (C=N–C) groups is 1. The van der Waals surface area contributed by atoms with Crippen molar-refractivity contribution in [3.63, 3.8) is 0 Å². The minimum absolute atomic E-state index is 0.0342. The van der Waals surface area contributed by atoms with Gasteiger partial charge in [-0.15, -0.1) is 0 Å². The number of amidine groups is 3. The zero-order valence-corrected chi connectivity index (χ0v) is 21.7. The number of nitrogens with zero attached hydrogens (tertiary/aromatic N) is 3. The van der Waals surface area contributed by atoms with Gasteiger partial charge in [-0.25, -0.2) is 13.3 Å². The number of nitrogens with one attached hydrogen (secondary N) is 1.